The lowest BCUT2D eigenvalue weighted by atomic mass is 10.1. The van der Waals surface area contributed by atoms with E-state index >= 15 is 0 Å². The molecule has 1 aromatic heterocycles. The average molecular weight is 379 g/mol. The summed E-state index contributed by atoms with van der Waals surface area (Å²) in [7, 11) is 0. The molecule has 0 saturated heterocycles. The molecule has 0 aliphatic carbocycles. The number of hydrogen-bond acceptors (Lipinski definition) is 4. The highest BCUT2D eigenvalue weighted by molar-refractivity contribution is 6.02. The molecular formula is C21H25N5O2. The highest BCUT2D eigenvalue weighted by Crippen LogP contribution is 2.16. The molecule has 1 heterocycles. The summed E-state index contributed by atoms with van der Waals surface area (Å²) in [4.78, 5) is 25.0. The molecule has 0 spiro atoms. The standard InChI is InChI=1S/C21H25N5O2/c1-5-10-26-19-9-7-16(12-18(19)24-25-26)21(28)22-15(4)20(27)23-17-8-6-13(2)14(3)11-17/h6-9,11-12,15H,5,10H2,1-4H3,(H,22,28)(H,23,27)/t15-/m0/s1. The van der Waals surface area contributed by atoms with E-state index in [0.29, 0.717) is 16.8 Å². The molecule has 0 unspecified atom stereocenters. The van der Waals surface area contributed by atoms with E-state index in [4.69, 9.17) is 0 Å². The van der Waals surface area contributed by atoms with Crippen molar-refractivity contribution in [2.45, 2.75) is 46.7 Å². The van der Waals surface area contributed by atoms with Crippen LogP contribution >= 0.6 is 0 Å². The van der Waals surface area contributed by atoms with Crippen LogP contribution in [0.2, 0.25) is 0 Å². The minimum atomic E-state index is -0.680. The van der Waals surface area contributed by atoms with Gasteiger partial charge in [-0.25, -0.2) is 4.68 Å². The largest absolute Gasteiger partial charge is 0.341 e. The molecule has 0 saturated carbocycles. The number of aryl methyl sites for hydroxylation is 3. The van der Waals surface area contributed by atoms with E-state index in [1.54, 1.807) is 19.1 Å². The topological polar surface area (TPSA) is 88.9 Å². The van der Waals surface area contributed by atoms with Gasteiger partial charge in [0.1, 0.15) is 11.6 Å². The zero-order chi connectivity index (χ0) is 20.3. The number of nitrogens with zero attached hydrogens (tertiary/aromatic N) is 3. The number of carbonyl (C=O) groups is 2. The fraction of sp³-hybridized carbons (Fsp3) is 0.333. The van der Waals surface area contributed by atoms with Gasteiger partial charge >= 0.3 is 0 Å². The number of fused-ring (bicyclic) bond motifs is 1. The van der Waals surface area contributed by atoms with Crippen LogP contribution in [0.15, 0.2) is 36.4 Å². The number of nitrogens with one attached hydrogen (secondary N) is 2. The molecule has 0 aliphatic heterocycles. The molecule has 2 amide bonds. The lowest BCUT2D eigenvalue weighted by Crippen LogP contribution is -2.41. The molecule has 7 nitrogen and oxygen atoms in total. The molecule has 2 aromatic carbocycles. The van der Waals surface area contributed by atoms with Crippen molar-refractivity contribution in [1.82, 2.24) is 20.3 Å². The smallest absolute Gasteiger partial charge is 0.251 e. The molecule has 28 heavy (non-hydrogen) atoms. The minimum Gasteiger partial charge on any atom is -0.341 e. The Bertz CT molecular complexity index is 1020. The van der Waals surface area contributed by atoms with Gasteiger partial charge in [-0.1, -0.05) is 18.2 Å². The van der Waals surface area contributed by atoms with Gasteiger partial charge < -0.3 is 10.6 Å². The Labute approximate surface area is 164 Å². The molecule has 3 rings (SSSR count). The number of rotatable bonds is 6. The third kappa shape index (κ3) is 4.19. The Kier molecular flexibility index (Phi) is 5.73. The van der Waals surface area contributed by atoms with Gasteiger partial charge in [0.2, 0.25) is 5.91 Å². The van der Waals surface area contributed by atoms with Gasteiger partial charge in [-0.3, -0.25) is 9.59 Å². The summed E-state index contributed by atoms with van der Waals surface area (Å²) >= 11 is 0. The van der Waals surface area contributed by atoms with Gasteiger partial charge in [0.25, 0.3) is 5.91 Å². The second kappa shape index (κ2) is 8.21. The summed E-state index contributed by atoms with van der Waals surface area (Å²) in [5.74, 6) is -0.596. The zero-order valence-electron chi connectivity index (χ0n) is 16.6. The van der Waals surface area contributed by atoms with Crippen LogP contribution in [0.4, 0.5) is 5.69 Å². The normalized spacial score (nSPS) is 12.0. The molecule has 0 fully saturated rings. The zero-order valence-corrected chi connectivity index (χ0v) is 16.6. The van der Waals surface area contributed by atoms with Crippen LogP contribution in [0.1, 0.15) is 41.8 Å². The van der Waals surface area contributed by atoms with Gasteiger partial charge in [0.05, 0.1) is 5.52 Å². The summed E-state index contributed by atoms with van der Waals surface area (Å²) in [6.07, 6.45) is 0.952. The lowest BCUT2D eigenvalue weighted by Gasteiger charge is -2.15. The van der Waals surface area contributed by atoms with Gasteiger partial charge in [-0.2, -0.15) is 0 Å². The number of anilines is 1. The first-order valence-electron chi connectivity index (χ1n) is 9.41. The Morgan fingerprint density at radius 2 is 1.89 bits per heavy atom. The summed E-state index contributed by atoms with van der Waals surface area (Å²) in [5.41, 5.74) is 4.96. The molecular weight excluding hydrogens is 354 g/mol. The van der Waals surface area contributed by atoms with Crippen LogP contribution in [-0.2, 0) is 11.3 Å². The average Bonchev–Trinajstić information content (AvgIpc) is 3.07. The van der Waals surface area contributed by atoms with Gasteiger partial charge in [0.15, 0.2) is 0 Å². The third-order valence-electron chi connectivity index (χ3n) is 4.73. The maximum Gasteiger partial charge on any atom is 0.251 e. The highest BCUT2D eigenvalue weighted by Gasteiger charge is 2.18. The SMILES string of the molecule is CCCn1nnc2cc(C(=O)N[C@@H](C)C(=O)Nc3ccc(C)c(C)c3)ccc21. The van der Waals surface area contributed by atoms with Crippen LogP contribution in [0.3, 0.4) is 0 Å². The first kappa shape index (κ1) is 19.5. The molecule has 0 radical (unpaired) electrons. The number of carbonyl (C=O) groups excluding carboxylic acids is 2. The van der Waals surface area contributed by atoms with E-state index in [2.05, 4.69) is 27.9 Å². The Morgan fingerprint density at radius 3 is 2.61 bits per heavy atom. The number of hydrogen-bond donors (Lipinski definition) is 2. The first-order chi connectivity index (χ1) is 13.4. The molecule has 2 N–H and O–H groups in total. The first-order valence-corrected chi connectivity index (χ1v) is 9.41. The van der Waals surface area contributed by atoms with E-state index < -0.39 is 6.04 Å². The van der Waals surface area contributed by atoms with E-state index in [0.717, 1.165) is 29.6 Å². The number of aromatic nitrogens is 3. The van der Waals surface area contributed by atoms with Gasteiger partial charge in [-0.15, -0.1) is 5.10 Å². The van der Waals surface area contributed by atoms with Crippen molar-refractivity contribution < 1.29 is 9.59 Å². The van der Waals surface area contributed by atoms with Gasteiger partial charge in [-0.05, 0) is 68.7 Å². The molecule has 7 heteroatoms. The third-order valence-corrected chi connectivity index (χ3v) is 4.73. The summed E-state index contributed by atoms with van der Waals surface area (Å²) in [6, 6.07) is 10.3. The fourth-order valence-electron chi connectivity index (χ4n) is 2.91. The molecule has 0 bridgehead atoms. The lowest BCUT2D eigenvalue weighted by molar-refractivity contribution is -0.117. The monoisotopic (exact) mass is 379 g/mol. The van der Waals surface area contributed by atoms with E-state index in [9.17, 15) is 9.59 Å². The van der Waals surface area contributed by atoms with Crippen LogP contribution in [0.25, 0.3) is 11.0 Å². The van der Waals surface area contributed by atoms with Crippen molar-refractivity contribution in [3.05, 3.63) is 53.1 Å². The highest BCUT2D eigenvalue weighted by atomic mass is 16.2. The van der Waals surface area contributed by atoms with Crippen molar-refractivity contribution >= 4 is 28.5 Å². The Balaban J connectivity index is 1.66. The van der Waals surface area contributed by atoms with E-state index in [1.807, 2.05) is 42.8 Å². The second-order valence-electron chi connectivity index (χ2n) is 7.00. The van der Waals surface area contributed by atoms with Crippen LogP contribution in [0.5, 0.6) is 0 Å². The number of amides is 2. The summed E-state index contributed by atoms with van der Waals surface area (Å²) in [5, 5.41) is 13.8. The Morgan fingerprint density at radius 1 is 1.11 bits per heavy atom. The maximum absolute atomic E-state index is 12.5. The van der Waals surface area contributed by atoms with E-state index in [1.165, 1.54) is 0 Å². The molecule has 0 aliphatic rings. The molecule has 146 valence electrons. The van der Waals surface area contributed by atoms with E-state index in [-0.39, 0.29) is 11.8 Å². The second-order valence-corrected chi connectivity index (χ2v) is 7.00. The van der Waals surface area contributed by atoms with Crippen molar-refractivity contribution in [1.29, 1.82) is 0 Å². The molecule has 1 atom stereocenters. The van der Waals surface area contributed by atoms with Crippen molar-refractivity contribution in [3.63, 3.8) is 0 Å². The minimum absolute atomic E-state index is 0.272. The predicted molar refractivity (Wildman–Crippen MR) is 109 cm³/mol. The summed E-state index contributed by atoms with van der Waals surface area (Å²) < 4.78 is 1.82. The summed E-state index contributed by atoms with van der Waals surface area (Å²) in [6.45, 7) is 8.51. The maximum atomic E-state index is 12.5. The number of benzene rings is 2. The predicted octanol–water partition coefficient (Wildman–Crippen LogP) is 3.22. The Hall–Kier alpha value is -3.22. The van der Waals surface area contributed by atoms with Crippen molar-refractivity contribution in [3.8, 4) is 0 Å². The van der Waals surface area contributed by atoms with Crippen LogP contribution < -0.4 is 10.6 Å². The van der Waals surface area contributed by atoms with Crippen LogP contribution in [-0.4, -0.2) is 32.9 Å². The fourth-order valence-corrected chi connectivity index (χ4v) is 2.91. The van der Waals surface area contributed by atoms with Crippen molar-refractivity contribution in [2.24, 2.45) is 0 Å². The molecule has 3 aromatic rings. The quantitative estimate of drug-likeness (QED) is 0.688. The van der Waals surface area contributed by atoms with Crippen LogP contribution in [0, 0.1) is 13.8 Å². The van der Waals surface area contributed by atoms with Crippen molar-refractivity contribution in [2.75, 3.05) is 5.32 Å². The van der Waals surface area contributed by atoms with Gasteiger partial charge in [0, 0.05) is 17.8 Å².